The average molecular weight is 1370 g/mol. The maximum absolute atomic E-state index is 13.1. The fraction of sp³-hybridized carbons (Fsp3) is 0.946. The van der Waals surface area contributed by atoms with Gasteiger partial charge in [-0.15, -0.1) is 0 Å². The number of hydrogen-bond donors (Lipinski definition) is 3. The van der Waals surface area contributed by atoms with Crippen LogP contribution in [0, 0.1) is 23.7 Å². The first-order chi connectivity index (χ1) is 44.6. The van der Waals surface area contributed by atoms with Gasteiger partial charge in [0.05, 0.1) is 26.4 Å². The Morgan fingerprint density at radius 3 is 0.763 bits per heavy atom. The van der Waals surface area contributed by atoms with Crippen LogP contribution in [-0.2, 0) is 65.4 Å². The minimum Gasteiger partial charge on any atom is -0.462 e. The number of carbonyl (C=O) groups is 4. The third-order valence-corrected chi connectivity index (χ3v) is 19.3. The van der Waals surface area contributed by atoms with Gasteiger partial charge in [-0.2, -0.15) is 0 Å². The second kappa shape index (κ2) is 63.5. The molecule has 0 saturated heterocycles. The normalized spacial score (nSPS) is 14.5. The maximum atomic E-state index is 13.1. The van der Waals surface area contributed by atoms with Gasteiger partial charge in [-0.25, -0.2) is 9.13 Å². The summed E-state index contributed by atoms with van der Waals surface area (Å²) >= 11 is 0. The van der Waals surface area contributed by atoms with E-state index in [1.807, 2.05) is 0 Å². The summed E-state index contributed by atoms with van der Waals surface area (Å²) in [6.45, 7) is 14.2. The lowest BCUT2D eigenvalue weighted by molar-refractivity contribution is -0.161. The molecule has 0 spiro atoms. The second-order valence-electron chi connectivity index (χ2n) is 28.4. The highest BCUT2D eigenvalue weighted by Crippen LogP contribution is 2.45. The van der Waals surface area contributed by atoms with Crippen LogP contribution >= 0.6 is 15.6 Å². The summed E-state index contributed by atoms with van der Waals surface area (Å²) in [6, 6.07) is 0. The number of phosphoric acid groups is 2. The molecule has 19 heteroatoms. The van der Waals surface area contributed by atoms with E-state index in [9.17, 15) is 43.2 Å². The molecular weight excluding hydrogens is 1220 g/mol. The zero-order chi connectivity index (χ0) is 68.9. The Balaban J connectivity index is 5.24. The minimum atomic E-state index is -4.96. The van der Waals surface area contributed by atoms with Crippen molar-refractivity contribution in [3.05, 3.63) is 0 Å². The standard InChI is InChI=1S/C74H144O17P2/c1-9-67(8)53-45-37-29-23-25-33-41-49-57-74(79)91-70(60-84-71(76)54-46-38-30-20-15-13-11-10-12-14-18-26-34-42-50-64(2)3)63-89-93(82,83)87-59-68(75)58-86-92(80,81)88-62-69(61-85-72(77)55-47-39-31-24-22-28-36-44-52-66(6)7)90-73(78)56-48-40-32-21-17-16-19-27-35-43-51-65(4)5/h64-70,75H,9-63H2,1-8H3,(H,80,81)(H,82,83)/t67?,68?,69-,70-/m1/s1. The lowest BCUT2D eigenvalue weighted by atomic mass is 9.99. The first-order valence-corrected chi connectivity index (χ1v) is 41.2. The predicted molar refractivity (Wildman–Crippen MR) is 377 cm³/mol. The number of ether oxygens (including phenoxy) is 4. The van der Waals surface area contributed by atoms with Crippen LogP contribution in [0.3, 0.4) is 0 Å². The molecule has 4 unspecified atom stereocenters. The molecule has 93 heavy (non-hydrogen) atoms. The van der Waals surface area contributed by atoms with Crippen molar-refractivity contribution in [1.82, 2.24) is 0 Å². The predicted octanol–water partition coefficient (Wildman–Crippen LogP) is 21.3. The third-order valence-electron chi connectivity index (χ3n) is 17.4. The largest absolute Gasteiger partial charge is 0.472 e. The molecule has 0 amide bonds. The van der Waals surface area contributed by atoms with Crippen molar-refractivity contribution < 1.29 is 80.2 Å². The van der Waals surface area contributed by atoms with E-state index in [4.69, 9.17) is 37.0 Å². The van der Waals surface area contributed by atoms with E-state index in [0.717, 1.165) is 114 Å². The summed E-state index contributed by atoms with van der Waals surface area (Å²) in [5.41, 5.74) is 0. The fourth-order valence-electron chi connectivity index (χ4n) is 11.2. The summed E-state index contributed by atoms with van der Waals surface area (Å²) in [5.74, 6) is 0.922. The van der Waals surface area contributed by atoms with Crippen molar-refractivity contribution in [3.8, 4) is 0 Å². The number of aliphatic hydroxyl groups excluding tert-OH is 1. The van der Waals surface area contributed by atoms with Crippen molar-refractivity contribution >= 4 is 39.5 Å². The molecule has 0 radical (unpaired) electrons. The molecule has 0 heterocycles. The fourth-order valence-corrected chi connectivity index (χ4v) is 12.7. The maximum Gasteiger partial charge on any atom is 0.472 e. The molecule has 0 aromatic carbocycles. The number of carbonyl (C=O) groups excluding carboxylic acids is 4. The zero-order valence-electron chi connectivity index (χ0n) is 60.9. The van der Waals surface area contributed by atoms with Crippen LogP contribution in [0.4, 0.5) is 0 Å². The lowest BCUT2D eigenvalue weighted by Gasteiger charge is -2.21. The lowest BCUT2D eigenvalue weighted by Crippen LogP contribution is -2.30. The van der Waals surface area contributed by atoms with Gasteiger partial charge in [-0.05, 0) is 49.4 Å². The molecular formula is C74H144O17P2. The summed E-state index contributed by atoms with van der Waals surface area (Å²) in [4.78, 5) is 72.7. The highest BCUT2D eigenvalue weighted by atomic mass is 31.2. The zero-order valence-corrected chi connectivity index (χ0v) is 62.7. The third kappa shape index (κ3) is 67.0. The molecule has 0 saturated carbocycles. The molecule has 17 nitrogen and oxygen atoms in total. The summed E-state index contributed by atoms with van der Waals surface area (Å²) in [5, 5.41) is 10.6. The van der Waals surface area contributed by atoms with Crippen molar-refractivity contribution in [2.75, 3.05) is 39.6 Å². The molecule has 6 atom stereocenters. The van der Waals surface area contributed by atoms with Crippen LogP contribution in [0.25, 0.3) is 0 Å². The van der Waals surface area contributed by atoms with Gasteiger partial charge in [-0.1, -0.05) is 319 Å². The molecule has 0 aliphatic carbocycles. The summed E-state index contributed by atoms with van der Waals surface area (Å²) in [7, 11) is -9.91. The molecule has 3 N–H and O–H groups in total. The average Bonchev–Trinajstić information content (AvgIpc) is 2.94. The van der Waals surface area contributed by atoms with Crippen molar-refractivity contribution in [3.63, 3.8) is 0 Å². The second-order valence-corrected chi connectivity index (χ2v) is 31.3. The Labute approximate surface area is 568 Å². The van der Waals surface area contributed by atoms with E-state index in [1.54, 1.807) is 0 Å². The van der Waals surface area contributed by atoms with Gasteiger partial charge in [0.2, 0.25) is 0 Å². The van der Waals surface area contributed by atoms with Crippen molar-refractivity contribution in [1.29, 1.82) is 0 Å². The summed E-state index contributed by atoms with van der Waals surface area (Å²) < 4.78 is 68.4. The van der Waals surface area contributed by atoms with Crippen LogP contribution in [0.2, 0.25) is 0 Å². The topological polar surface area (TPSA) is 237 Å². The van der Waals surface area contributed by atoms with Gasteiger partial charge in [0.15, 0.2) is 12.2 Å². The monoisotopic (exact) mass is 1370 g/mol. The number of aliphatic hydroxyl groups is 1. The van der Waals surface area contributed by atoms with E-state index in [-0.39, 0.29) is 25.7 Å². The molecule has 0 aromatic rings. The molecule has 0 aromatic heterocycles. The number of unbranched alkanes of at least 4 members (excludes halogenated alkanes) is 36. The smallest absolute Gasteiger partial charge is 0.462 e. The quantitative estimate of drug-likeness (QED) is 0.0222. The molecule has 0 rings (SSSR count). The molecule has 0 bridgehead atoms. The van der Waals surface area contributed by atoms with Gasteiger partial charge in [0.1, 0.15) is 19.3 Å². The number of esters is 4. The van der Waals surface area contributed by atoms with Crippen LogP contribution in [-0.4, -0.2) is 96.7 Å². The number of rotatable bonds is 71. The number of hydrogen-bond acceptors (Lipinski definition) is 15. The van der Waals surface area contributed by atoms with Crippen LogP contribution < -0.4 is 0 Å². The van der Waals surface area contributed by atoms with Gasteiger partial charge in [-0.3, -0.25) is 37.3 Å². The highest BCUT2D eigenvalue weighted by Gasteiger charge is 2.30. The van der Waals surface area contributed by atoms with Crippen LogP contribution in [0.15, 0.2) is 0 Å². The molecule has 0 fully saturated rings. The van der Waals surface area contributed by atoms with Gasteiger partial charge >= 0.3 is 39.5 Å². The Kier molecular flexibility index (Phi) is 62.2. The van der Waals surface area contributed by atoms with E-state index >= 15 is 0 Å². The van der Waals surface area contributed by atoms with E-state index in [0.29, 0.717) is 25.7 Å². The van der Waals surface area contributed by atoms with E-state index in [1.165, 1.54) is 173 Å². The Hall–Kier alpha value is -1.94. The minimum absolute atomic E-state index is 0.105. The molecule has 0 aliphatic heterocycles. The Morgan fingerprint density at radius 2 is 0.516 bits per heavy atom. The Morgan fingerprint density at radius 1 is 0.301 bits per heavy atom. The van der Waals surface area contributed by atoms with Gasteiger partial charge in [0.25, 0.3) is 0 Å². The van der Waals surface area contributed by atoms with Crippen molar-refractivity contribution in [2.24, 2.45) is 23.7 Å². The molecule has 552 valence electrons. The van der Waals surface area contributed by atoms with Crippen molar-refractivity contribution in [2.45, 2.75) is 388 Å². The van der Waals surface area contributed by atoms with Crippen LogP contribution in [0.1, 0.15) is 370 Å². The highest BCUT2D eigenvalue weighted by molar-refractivity contribution is 7.47. The first kappa shape index (κ1) is 91.1. The van der Waals surface area contributed by atoms with Gasteiger partial charge in [0, 0.05) is 25.7 Å². The first-order valence-electron chi connectivity index (χ1n) is 38.2. The van der Waals surface area contributed by atoms with E-state index < -0.39 is 97.5 Å². The number of phosphoric ester groups is 2. The van der Waals surface area contributed by atoms with E-state index in [2.05, 4.69) is 55.4 Å². The SMILES string of the molecule is CCC(C)CCCCCCCCCCC(=O)O[C@H](COC(=O)CCCCCCCCCCCCCCCCC(C)C)COP(=O)(O)OCC(O)COP(=O)(O)OC[C@@H](COC(=O)CCCCCCCCCCC(C)C)OC(=O)CCCCCCCCCCCCC(C)C. The summed E-state index contributed by atoms with van der Waals surface area (Å²) in [6.07, 6.45) is 47.2. The van der Waals surface area contributed by atoms with Crippen LogP contribution in [0.5, 0.6) is 0 Å². The Bertz CT molecular complexity index is 1840. The van der Waals surface area contributed by atoms with Gasteiger partial charge < -0.3 is 33.8 Å². The molecule has 0 aliphatic rings.